The van der Waals surface area contributed by atoms with E-state index in [0.29, 0.717) is 19.1 Å². The Morgan fingerprint density at radius 2 is 2.36 bits per heavy atom. The topological polar surface area (TPSA) is 44.7 Å². The predicted octanol–water partition coefficient (Wildman–Crippen LogP) is -0.322. The minimum Gasteiger partial charge on any atom is -0.388 e. The van der Waals surface area contributed by atoms with E-state index in [1.54, 1.807) is 7.11 Å². The van der Waals surface area contributed by atoms with Crippen LogP contribution in [0.4, 0.5) is 0 Å². The monoisotopic (exact) mass is 202 g/mol. The summed E-state index contributed by atoms with van der Waals surface area (Å²) in [6.07, 6.45) is 0. The van der Waals surface area contributed by atoms with Crippen LogP contribution >= 0.6 is 0 Å². The molecule has 0 aromatic rings. The highest BCUT2D eigenvalue weighted by molar-refractivity contribution is 4.86. The second-order valence-electron chi connectivity index (χ2n) is 4.51. The van der Waals surface area contributed by atoms with Crippen molar-refractivity contribution in [3.63, 3.8) is 0 Å². The molecule has 0 bridgehead atoms. The van der Waals surface area contributed by atoms with Crippen LogP contribution in [-0.2, 0) is 4.74 Å². The van der Waals surface area contributed by atoms with Gasteiger partial charge in [-0.3, -0.25) is 4.90 Å². The van der Waals surface area contributed by atoms with Gasteiger partial charge < -0.3 is 15.2 Å². The number of nitrogens with zero attached hydrogens (tertiary/aromatic N) is 1. The fraction of sp³-hybridized carbons (Fsp3) is 1.00. The van der Waals surface area contributed by atoms with Crippen molar-refractivity contribution in [2.24, 2.45) is 0 Å². The second-order valence-corrected chi connectivity index (χ2v) is 4.51. The number of hydrogen-bond acceptors (Lipinski definition) is 4. The van der Waals surface area contributed by atoms with E-state index in [2.05, 4.69) is 17.1 Å². The number of nitrogens with one attached hydrogen (secondary N) is 1. The van der Waals surface area contributed by atoms with Crippen molar-refractivity contribution in [2.45, 2.75) is 25.5 Å². The third-order valence-electron chi connectivity index (χ3n) is 2.54. The van der Waals surface area contributed by atoms with Gasteiger partial charge in [0.15, 0.2) is 0 Å². The van der Waals surface area contributed by atoms with Gasteiger partial charge in [0.2, 0.25) is 0 Å². The molecule has 14 heavy (non-hydrogen) atoms. The summed E-state index contributed by atoms with van der Waals surface area (Å²) in [4.78, 5) is 2.24. The molecule has 0 saturated carbocycles. The second kappa shape index (κ2) is 5.07. The summed E-state index contributed by atoms with van der Waals surface area (Å²) >= 11 is 0. The Morgan fingerprint density at radius 3 is 3.00 bits per heavy atom. The molecule has 0 aromatic heterocycles. The van der Waals surface area contributed by atoms with Crippen LogP contribution in [0, 0.1) is 0 Å². The number of rotatable bonds is 3. The van der Waals surface area contributed by atoms with Crippen LogP contribution in [0.3, 0.4) is 0 Å². The van der Waals surface area contributed by atoms with Crippen molar-refractivity contribution in [2.75, 3.05) is 39.9 Å². The lowest BCUT2D eigenvalue weighted by Crippen LogP contribution is -2.44. The third-order valence-corrected chi connectivity index (χ3v) is 2.54. The highest BCUT2D eigenvalue weighted by atomic mass is 16.5. The Bertz CT molecular complexity index is 174. The largest absolute Gasteiger partial charge is 0.388 e. The average Bonchev–Trinajstić information content (AvgIpc) is 2.22. The van der Waals surface area contributed by atoms with E-state index in [0.717, 1.165) is 19.7 Å². The van der Waals surface area contributed by atoms with Crippen molar-refractivity contribution in [1.29, 1.82) is 0 Å². The maximum Gasteiger partial charge on any atom is 0.0869 e. The highest BCUT2D eigenvalue weighted by Crippen LogP contribution is 2.10. The van der Waals surface area contributed by atoms with Gasteiger partial charge in [0, 0.05) is 39.3 Å². The van der Waals surface area contributed by atoms with Crippen molar-refractivity contribution in [1.82, 2.24) is 10.2 Å². The van der Waals surface area contributed by atoms with Crippen molar-refractivity contribution in [3.05, 3.63) is 0 Å². The van der Waals surface area contributed by atoms with Crippen LogP contribution in [0.1, 0.15) is 13.8 Å². The van der Waals surface area contributed by atoms with Gasteiger partial charge in [0.25, 0.3) is 0 Å². The van der Waals surface area contributed by atoms with Crippen LogP contribution < -0.4 is 5.32 Å². The van der Waals surface area contributed by atoms with Gasteiger partial charge in [-0.15, -0.1) is 0 Å². The van der Waals surface area contributed by atoms with Crippen molar-refractivity contribution in [3.8, 4) is 0 Å². The summed E-state index contributed by atoms with van der Waals surface area (Å²) in [5.74, 6) is 0. The zero-order valence-electron chi connectivity index (χ0n) is 9.42. The fourth-order valence-electron chi connectivity index (χ4n) is 1.84. The number of ether oxygens (including phenoxy) is 1. The molecule has 1 aliphatic heterocycles. The Morgan fingerprint density at radius 1 is 1.64 bits per heavy atom. The van der Waals surface area contributed by atoms with Gasteiger partial charge >= 0.3 is 0 Å². The van der Waals surface area contributed by atoms with Gasteiger partial charge in [0.1, 0.15) is 0 Å². The first kappa shape index (κ1) is 11.9. The zero-order chi connectivity index (χ0) is 10.6. The fourth-order valence-corrected chi connectivity index (χ4v) is 1.84. The summed E-state index contributed by atoms with van der Waals surface area (Å²) in [7, 11) is 1.71. The lowest BCUT2D eigenvalue weighted by atomic mass is 10.1. The first-order valence-corrected chi connectivity index (χ1v) is 5.20. The smallest absolute Gasteiger partial charge is 0.0869 e. The van der Waals surface area contributed by atoms with E-state index < -0.39 is 5.60 Å². The van der Waals surface area contributed by atoms with E-state index in [1.807, 2.05) is 6.92 Å². The number of aliphatic hydroxyl groups is 1. The van der Waals surface area contributed by atoms with Crippen molar-refractivity contribution < 1.29 is 9.84 Å². The SMILES string of the molecule is COCCN1CC(C)NCC(C)(O)C1. The van der Waals surface area contributed by atoms with Gasteiger partial charge in [-0.1, -0.05) is 0 Å². The molecular weight excluding hydrogens is 180 g/mol. The molecule has 4 heteroatoms. The molecule has 0 radical (unpaired) electrons. The van der Waals surface area contributed by atoms with E-state index >= 15 is 0 Å². The minimum absolute atomic E-state index is 0.431. The minimum atomic E-state index is -0.626. The Labute approximate surface area is 86.2 Å². The summed E-state index contributed by atoms with van der Waals surface area (Å²) in [5.41, 5.74) is -0.626. The van der Waals surface area contributed by atoms with E-state index in [9.17, 15) is 5.11 Å². The molecule has 1 rings (SSSR count). The molecule has 84 valence electrons. The lowest BCUT2D eigenvalue weighted by Gasteiger charge is -2.27. The summed E-state index contributed by atoms with van der Waals surface area (Å²) < 4.78 is 5.05. The molecule has 2 atom stereocenters. The van der Waals surface area contributed by atoms with Crippen LogP contribution in [0.15, 0.2) is 0 Å². The standard InChI is InChI=1S/C10H22N2O2/c1-9-6-12(4-5-14-3)8-10(2,13)7-11-9/h9,11,13H,4-8H2,1-3H3. The van der Waals surface area contributed by atoms with Gasteiger partial charge in [-0.05, 0) is 13.8 Å². The van der Waals surface area contributed by atoms with Gasteiger partial charge in [-0.25, -0.2) is 0 Å². The van der Waals surface area contributed by atoms with Crippen LogP contribution in [0.2, 0.25) is 0 Å². The summed E-state index contributed by atoms with van der Waals surface area (Å²) in [5, 5.41) is 13.3. The number of β-amino-alcohol motifs (C(OH)–C–C–N with tert-alkyl or cyclic N) is 1. The van der Waals surface area contributed by atoms with E-state index in [4.69, 9.17) is 4.74 Å². The normalized spacial score (nSPS) is 35.6. The molecular formula is C10H22N2O2. The molecule has 1 aliphatic rings. The summed E-state index contributed by atoms with van der Waals surface area (Å²) in [6, 6.07) is 0.431. The molecule has 1 heterocycles. The first-order chi connectivity index (χ1) is 6.53. The van der Waals surface area contributed by atoms with Crippen LogP contribution in [0.5, 0.6) is 0 Å². The van der Waals surface area contributed by atoms with E-state index in [-0.39, 0.29) is 0 Å². The zero-order valence-corrected chi connectivity index (χ0v) is 9.42. The number of methoxy groups -OCH3 is 1. The van der Waals surface area contributed by atoms with Crippen molar-refractivity contribution >= 4 is 0 Å². The Balaban J connectivity index is 2.46. The van der Waals surface area contributed by atoms with E-state index in [1.165, 1.54) is 0 Å². The molecule has 2 unspecified atom stereocenters. The van der Waals surface area contributed by atoms with Gasteiger partial charge in [0.05, 0.1) is 12.2 Å². The maximum atomic E-state index is 10.00. The predicted molar refractivity (Wildman–Crippen MR) is 56.4 cm³/mol. The molecule has 0 aliphatic carbocycles. The Hall–Kier alpha value is -0.160. The molecule has 0 aromatic carbocycles. The first-order valence-electron chi connectivity index (χ1n) is 5.20. The molecule has 4 nitrogen and oxygen atoms in total. The summed E-state index contributed by atoms with van der Waals surface area (Å²) in [6.45, 7) is 7.98. The van der Waals surface area contributed by atoms with Crippen LogP contribution in [0.25, 0.3) is 0 Å². The molecule has 0 spiro atoms. The highest BCUT2D eigenvalue weighted by Gasteiger charge is 2.28. The molecule has 1 fully saturated rings. The Kier molecular flexibility index (Phi) is 4.31. The van der Waals surface area contributed by atoms with Crippen LogP contribution in [-0.4, -0.2) is 61.5 Å². The molecule has 0 amide bonds. The molecule has 2 N–H and O–H groups in total. The molecule has 1 saturated heterocycles. The maximum absolute atomic E-state index is 10.00. The quantitative estimate of drug-likeness (QED) is 0.658. The number of hydrogen-bond donors (Lipinski definition) is 2. The van der Waals surface area contributed by atoms with Gasteiger partial charge in [-0.2, -0.15) is 0 Å². The lowest BCUT2D eigenvalue weighted by molar-refractivity contribution is 0.0274. The third kappa shape index (κ3) is 3.92. The average molecular weight is 202 g/mol.